The third-order valence-corrected chi connectivity index (χ3v) is 2.93. The molecule has 116 valence electrons. The summed E-state index contributed by atoms with van der Waals surface area (Å²) >= 11 is 5.83. The Morgan fingerprint density at radius 1 is 1.29 bits per heavy atom. The van der Waals surface area contributed by atoms with Crippen LogP contribution in [0.3, 0.4) is 0 Å². The molecule has 10 heteroatoms. The number of rotatable bonds is 5. The van der Waals surface area contributed by atoms with Crippen molar-refractivity contribution in [3.05, 3.63) is 16.9 Å². The lowest BCUT2D eigenvalue weighted by Crippen LogP contribution is -2.61. The molecule has 0 unspecified atom stereocenters. The molecule has 1 aromatic heterocycles. The third kappa shape index (κ3) is 3.85. The Kier molecular flexibility index (Phi) is 5.14. The number of carboxylic acid groups (broad SMARTS) is 2. The lowest BCUT2D eigenvalue weighted by atomic mass is 9.92. The molecule has 0 saturated heterocycles. The first-order valence-corrected chi connectivity index (χ1v) is 6.20. The normalized spacial score (nSPS) is 11.1. The fourth-order valence-electron chi connectivity index (χ4n) is 1.77. The van der Waals surface area contributed by atoms with Crippen molar-refractivity contribution >= 4 is 23.8 Å². The molecule has 0 aliphatic rings. The number of hydrogen-bond donors (Lipinski definition) is 4. The van der Waals surface area contributed by atoms with Crippen molar-refractivity contribution in [3.63, 3.8) is 0 Å². The van der Waals surface area contributed by atoms with Gasteiger partial charge in [0.1, 0.15) is 5.15 Å². The highest BCUT2D eigenvalue weighted by Crippen LogP contribution is 2.28. The Morgan fingerprint density at radius 2 is 1.81 bits per heavy atom. The topological polar surface area (TPSA) is 134 Å². The number of carbonyl (C=O) groups is 2. The number of nitrogens with one attached hydrogen (secondary N) is 2. The maximum Gasteiger partial charge on any atom is 0.406 e. The van der Waals surface area contributed by atoms with E-state index in [2.05, 4.69) is 20.6 Å². The van der Waals surface area contributed by atoms with E-state index in [1.54, 1.807) is 13.8 Å². The monoisotopic (exact) mass is 318 g/mol. The van der Waals surface area contributed by atoms with Gasteiger partial charge in [-0.25, -0.2) is 9.59 Å². The quantitative estimate of drug-likeness (QED) is 0.477. The van der Waals surface area contributed by atoms with Gasteiger partial charge in [-0.3, -0.25) is 10.6 Å². The summed E-state index contributed by atoms with van der Waals surface area (Å²) in [4.78, 5) is 29.9. The number of aromatic nitrogens is 2. The van der Waals surface area contributed by atoms with Crippen LogP contribution in [0, 0.1) is 5.92 Å². The van der Waals surface area contributed by atoms with E-state index in [0.29, 0.717) is 0 Å². The van der Waals surface area contributed by atoms with Gasteiger partial charge in [0, 0.05) is 12.0 Å². The molecule has 2 amide bonds. The van der Waals surface area contributed by atoms with Crippen LogP contribution in [0.5, 0.6) is 6.01 Å². The minimum absolute atomic E-state index is 0.0127. The summed E-state index contributed by atoms with van der Waals surface area (Å²) in [6.07, 6.45) is -2.85. The molecule has 21 heavy (non-hydrogen) atoms. The highest BCUT2D eigenvalue weighted by molar-refractivity contribution is 6.29. The molecule has 0 fully saturated rings. The Labute approximate surface area is 125 Å². The van der Waals surface area contributed by atoms with Crippen LogP contribution in [0.1, 0.15) is 19.5 Å². The fraction of sp³-hybridized carbons (Fsp3) is 0.455. The second-order valence-electron chi connectivity index (χ2n) is 4.39. The standard InChI is InChI=1S/C11H15ClN4O5/c1-5(2)11(15-9(17)18,16-10(19)20)6-4-7(12)14-8(13-6)21-3/h4-5,15-16H,1-3H3,(H,17,18)(H,19,20). The molecule has 0 saturated carbocycles. The number of halogens is 1. The Morgan fingerprint density at radius 3 is 2.19 bits per heavy atom. The van der Waals surface area contributed by atoms with Crippen LogP contribution in [0.2, 0.25) is 5.15 Å². The number of nitrogens with zero attached hydrogens (tertiary/aromatic N) is 2. The molecule has 0 radical (unpaired) electrons. The van der Waals surface area contributed by atoms with Crippen LogP contribution in [-0.4, -0.2) is 39.5 Å². The van der Waals surface area contributed by atoms with E-state index in [9.17, 15) is 9.59 Å². The van der Waals surface area contributed by atoms with Crippen LogP contribution < -0.4 is 15.4 Å². The van der Waals surface area contributed by atoms with E-state index in [-0.39, 0.29) is 16.9 Å². The average molecular weight is 319 g/mol. The third-order valence-electron chi connectivity index (χ3n) is 2.74. The number of ether oxygens (including phenoxy) is 1. The molecule has 0 aliphatic carbocycles. The van der Waals surface area contributed by atoms with E-state index >= 15 is 0 Å². The Hall–Kier alpha value is -2.29. The van der Waals surface area contributed by atoms with E-state index in [1.165, 1.54) is 13.2 Å². The predicted octanol–water partition coefficient (Wildman–Crippen LogP) is 1.48. The minimum atomic E-state index is -1.70. The van der Waals surface area contributed by atoms with Gasteiger partial charge in [-0.1, -0.05) is 25.4 Å². The molecule has 9 nitrogen and oxygen atoms in total. The highest BCUT2D eigenvalue weighted by atomic mass is 35.5. The zero-order valence-electron chi connectivity index (χ0n) is 11.5. The molecule has 0 spiro atoms. The van der Waals surface area contributed by atoms with Crippen LogP contribution in [-0.2, 0) is 5.66 Å². The van der Waals surface area contributed by atoms with E-state index in [4.69, 9.17) is 26.6 Å². The fourth-order valence-corrected chi connectivity index (χ4v) is 1.95. The highest BCUT2D eigenvalue weighted by Gasteiger charge is 2.41. The molecule has 0 aliphatic heterocycles. The smallest absolute Gasteiger partial charge is 0.406 e. The molecular weight excluding hydrogens is 304 g/mol. The van der Waals surface area contributed by atoms with Gasteiger partial charge < -0.3 is 14.9 Å². The largest absolute Gasteiger partial charge is 0.467 e. The maximum absolute atomic E-state index is 11.1. The number of hydrogen-bond acceptors (Lipinski definition) is 5. The van der Waals surface area contributed by atoms with Gasteiger partial charge in [0.25, 0.3) is 0 Å². The first-order chi connectivity index (χ1) is 9.71. The molecule has 1 rings (SSSR count). The van der Waals surface area contributed by atoms with Gasteiger partial charge in [-0.05, 0) is 0 Å². The predicted molar refractivity (Wildman–Crippen MR) is 72.4 cm³/mol. The Bertz CT molecular complexity index is 535. The van der Waals surface area contributed by atoms with Crippen LogP contribution in [0.25, 0.3) is 0 Å². The summed E-state index contributed by atoms with van der Waals surface area (Å²) in [5, 5.41) is 22.3. The van der Waals surface area contributed by atoms with Gasteiger partial charge in [0.05, 0.1) is 12.8 Å². The summed E-state index contributed by atoms with van der Waals surface area (Å²) in [5.74, 6) is -0.514. The van der Waals surface area contributed by atoms with Crippen molar-refractivity contribution < 1.29 is 24.5 Å². The SMILES string of the molecule is COc1nc(Cl)cc(C(NC(=O)O)(NC(=O)O)C(C)C)n1. The first kappa shape index (κ1) is 16.8. The van der Waals surface area contributed by atoms with E-state index in [0.717, 1.165) is 0 Å². The zero-order valence-corrected chi connectivity index (χ0v) is 12.3. The van der Waals surface area contributed by atoms with Crippen molar-refractivity contribution in [2.45, 2.75) is 19.5 Å². The zero-order chi connectivity index (χ0) is 16.2. The van der Waals surface area contributed by atoms with Crippen LogP contribution in [0.15, 0.2) is 6.07 Å². The molecule has 0 bridgehead atoms. The van der Waals surface area contributed by atoms with Crippen LogP contribution >= 0.6 is 11.6 Å². The van der Waals surface area contributed by atoms with Crippen molar-refractivity contribution in [1.29, 1.82) is 0 Å². The molecule has 0 atom stereocenters. The molecule has 4 N–H and O–H groups in total. The second-order valence-corrected chi connectivity index (χ2v) is 4.77. The van der Waals surface area contributed by atoms with Gasteiger partial charge in [0.15, 0.2) is 5.66 Å². The van der Waals surface area contributed by atoms with Crippen LogP contribution in [0.4, 0.5) is 9.59 Å². The summed E-state index contributed by atoms with van der Waals surface area (Å²) in [6.45, 7) is 3.24. The van der Waals surface area contributed by atoms with Crippen molar-refractivity contribution in [2.75, 3.05) is 7.11 Å². The van der Waals surface area contributed by atoms with Gasteiger partial charge >= 0.3 is 18.2 Å². The molecule has 1 aromatic rings. The first-order valence-electron chi connectivity index (χ1n) is 5.82. The summed E-state index contributed by atoms with van der Waals surface area (Å²) < 4.78 is 4.86. The molecule has 0 aromatic carbocycles. The minimum Gasteiger partial charge on any atom is -0.467 e. The number of methoxy groups -OCH3 is 1. The number of amides is 2. The van der Waals surface area contributed by atoms with Gasteiger partial charge in [0.2, 0.25) is 0 Å². The summed E-state index contributed by atoms with van der Waals surface area (Å²) in [6, 6.07) is 1.15. The van der Waals surface area contributed by atoms with E-state index < -0.39 is 23.8 Å². The summed E-state index contributed by atoms with van der Waals surface area (Å²) in [7, 11) is 1.31. The van der Waals surface area contributed by atoms with E-state index in [1.807, 2.05) is 0 Å². The van der Waals surface area contributed by atoms with Crippen molar-refractivity contribution in [1.82, 2.24) is 20.6 Å². The molecule has 1 heterocycles. The van der Waals surface area contributed by atoms with Crippen molar-refractivity contribution in [3.8, 4) is 6.01 Å². The Balaban J connectivity index is 3.49. The van der Waals surface area contributed by atoms with Crippen molar-refractivity contribution in [2.24, 2.45) is 5.92 Å². The maximum atomic E-state index is 11.1. The lowest BCUT2D eigenvalue weighted by molar-refractivity contribution is 0.125. The van der Waals surface area contributed by atoms with Gasteiger partial charge in [-0.2, -0.15) is 9.97 Å². The second kappa shape index (κ2) is 6.44. The lowest BCUT2D eigenvalue weighted by Gasteiger charge is -2.36. The molecular formula is C11H15ClN4O5. The summed E-state index contributed by atoms with van der Waals surface area (Å²) in [5.41, 5.74) is -1.67. The van der Waals surface area contributed by atoms with Gasteiger partial charge in [-0.15, -0.1) is 0 Å². The average Bonchev–Trinajstić information content (AvgIpc) is 2.35.